The van der Waals surface area contributed by atoms with Crippen LogP contribution >= 0.6 is 11.6 Å². The molecule has 0 fully saturated rings. The third-order valence-electron chi connectivity index (χ3n) is 5.98. The van der Waals surface area contributed by atoms with Crippen LogP contribution in [0.15, 0.2) is 73.6 Å². The number of anilines is 1. The minimum Gasteiger partial charge on any atom is -0.356 e. The van der Waals surface area contributed by atoms with E-state index >= 15 is 4.39 Å². The van der Waals surface area contributed by atoms with Crippen molar-refractivity contribution in [2.75, 3.05) is 11.4 Å². The molecule has 4 heterocycles. The van der Waals surface area contributed by atoms with Crippen LogP contribution in [0.2, 0.25) is 5.02 Å². The van der Waals surface area contributed by atoms with Gasteiger partial charge in [-0.25, -0.2) is 19.3 Å². The highest BCUT2D eigenvalue weighted by molar-refractivity contribution is 6.31. The minimum atomic E-state index is -0.399. The van der Waals surface area contributed by atoms with E-state index in [2.05, 4.69) is 24.8 Å². The zero-order valence-electron chi connectivity index (χ0n) is 16.9. The number of rotatable bonds is 3. The van der Waals surface area contributed by atoms with Gasteiger partial charge >= 0.3 is 0 Å². The SMILES string of the molecule is Fc1cc(-n2ccnc2)ccc1C1c2[nH]c3ccc(Cl)cc3c2CCN1c1ncccn1. The van der Waals surface area contributed by atoms with Crippen LogP contribution in [-0.2, 0) is 6.42 Å². The van der Waals surface area contributed by atoms with E-state index in [4.69, 9.17) is 11.6 Å². The maximum Gasteiger partial charge on any atom is 0.226 e. The minimum absolute atomic E-state index is 0.299. The largest absolute Gasteiger partial charge is 0.356 e. The maximum absolute atomic E-state index is 15.6. The van der Waals surface area contributed by atoms with Crippen LogP contribution < -0.4 is 4.90 Å². The molecule has 0 aliphatic carbocycles. The number of nitrogens with one attached hydrogen (secondary N) is 1. The second-order valence-electron chi connectivity index (χ2n) is 7.78. The summed E-state index contributed by atoms with van der Waals surface area (Å²) in [6, 6.07) is 12.4. The van der Waals surface area contributed by atoms with Gasteiger partial charge < -0.3 is 14.5 Å². The summed E-state index contributed by atoms with van der Waals surface area (Å²) in [5, 5.41) is 1.75. The van der Waals surface area contributed by atoms with E-state index in [1.54, 1.807) is 41.7 Å². The second kappa shape index (κ2) is 7.46. The molecule has 0 saturated carbocycles. The smallest absolute Gasteiger partial charge is 0.226 e. The first kappa shape index (κ1) is 19.0. The number of nitrogens with zero attached hydrogens (tertiary/aromatic N) is 5. The van der Waals surface area contributed by atoms with Gasteiger partial charge in [-0.3, -0.25) is 0 Å². The van der Waals surface area contributed by atoms with Crippen LogP contribution in [0.3, 0.4) is 0 Å². The molecule has 1 aliphatic heterocycles. The summed E-state index contributed by atoms with van der Waals surface area (Å²) < 4.78 is 17.4. The van der Waals surface area contributed by atoms with Crippen molar-refractivity contribution in [2.24, 2.45) is 0 Å². The van der Waals surface area contributed by atoms with E-state index in [1.807, 2.05) is 30.3 Å². The molecule has 8 heteroatoms. The average Bonchev–Trinajstić information content (AvgIpc) is 3.47. The normalized spacial score (nSPS) is 15.8. The number of H-pyrrole nitrogens is 1. The zero-order chi connectivity index (χ0) is 21.7. The highest BCUT2D eigenvalue weighted by Crippen LogP contribution is 2.41. The Balaban J connectivity index is 1.54. The Hall–Kier alpha value is -3.71. The van der Waals surface area contributed by atoms with Crippen LogP contribution in [0.5, 0.6) is 0 Å². The van der Waals surface area contributed by atoms with E-state index in [1.165, 1.54) is 6.07 Å². The number of aromatic nitrogens is 5. The predicted octanol–water partition coefficient (Wildman–Crippen LogP) is 5.09. The summed E-state index contributed by atoms with van der Waals surface area (Å²) in [5.74, 6) is 0.268. The first-order chi connectivity index (χ1) is 15.7. The molecule has 0 saturated heterocycles. The Bertz CT molecular complexity index is 1410. The fourth-order valence-corrected chi connectivity index (χ4v) is 4.72. The average molecular weight is 445 g/mol. The van der Waals surface area contributed by atoms with Crippen molar-refractivity contribution in [1.29, 1.82) is 0 Å². The van der Waals surface area contributed by atoms with E-state index in [0.29, 0.717) is 28.8 Å². The van der Waals surface area contributed by atoms with Crippen LogP contribution in [-0.4, -0.2) is 31.0 Å². The Morgan fingerprint density at radius 2 is 1.94 bits per heavy atom. The fraction of sp³-hybridized carbons (Fsp3) is 0.125. The van der Waals surface area contributed by atoms with Gasteiger partial charge in [-0.2, -0.15) is 0 Å². The van der Waals surface area contributed by atoms with Crippen molar-refractivity contribution in [3.63, 3.8) is 0 Å². The summed E-state index contributed by atoms with van der Waals surface area (Å²) in [6.45, 7) is 0.657. The van der Waals surface area contributed by atoms with Crippen LogP contribution in [0, 0.1) is 5.82 Å². The molecule has 5 aromatic rings. The molecule has 3 aromatic heterocycles. The van der Waals surface area contributed by atoms with Gasteiger partial charge in [0.1, 0.15) is 11.9 Å². The molecular weight excluding hydrogens is 427 g/mol. The van der Waals surface area contributed by atoms with Gasteiger partial charge in [0.05, 0.1) is 6.33 Å². The quantitative estimate of drug-likeness (QED) is 0.421. The van der Waals surface area contributed by atoms with Gasteiger partial charge in [0.2, 0.25) is 5.95 Å². The lowest BCUT2D eigenvalue weighted by Gasteiger charge is -2.36. The predicted molar refractivity (Wildman–Crippen MR) is 122 cm³/mol. The lowest BCUT2D eigenvalue weighted by atomic mass is 9.92. The highest BCUT2D eigenvalue weighted by atomic mass is 35.5. The number of hydrogen-bond acceptors (Lipinski definition) is 4. The fourth-order valence-electron chi connectivity index (χ4n) is 4.55. The zero-order valence-corrected chi connectivity index (χ0v) is 17.7. The van der Waals surface area contributed by atoms with Crippen molar-refractivity contribution in [3.8, 4) is 5.69 Å². The molecule has 1 unspecified atom stereocenters. The summed E-state index contributed by atoms with van der Waals surface area (Å²) >= 11 is 6.28. The van der Waals surface area contributed by atoms with Crippen molar-refractivity contribution >= 4 is 28.5 Å². The molecule has 6 nitrogen and oxygen atoms in total. The summed E-state index contributed by atoms with van der Waals surface area (Å²) in [5.41, 5.74) is 4.34. The molecule has 158 valence electrons. The first-order valence-electron chi connectivity index (χ1n) is 10.3. The summed E-state index contributed by atoms with van der Waals surface area (Å²) in [6.07, 6.45) is 9.30. The first-order valence-corrected chi connectivity index (χ1v) is 10.7. The van der Waals surface area contributed by atoms with Crippen molar-refractivity contribution in [1.82, 2.24) is 24.5 Å². The van der Waals surface area contributed by atoms with Crippen LogP contribution in [0.1, 0.15) is 22.9 Å². The molecule has 0 amide bonds. The van der Waals surface area contributed by atoms with Gasteiger partial charge in [0.25, 0.3) is 0 Å². The lowest BCUT2D eigenvalue weighted by molar-refractivity contribution is 0.562. The van der Waals surface area contributed by atoms with Crippen molar-refractivity contribution < 1.29 is 4.39 Å². The molecule has 1 atom stereocenters. The third kappa shape index (κ3) is 3.05. The number of aromatic amines is 1. The number of imidazole rings is 1. The Morgan fingerprint density at radius 3 is 2.72 bits per heavy atom. The van der Waals surface area contributed by atoms with Crippen molar-refractivity contribution in [3.05, 3.63) is 101 Å². The molecule has 1 N–H and O–H groups in total. The number of halogens is 2. The number of hydrogen-bond donors (Lipinski definition) is 1. The Labute approximate surface area is 188 Å². The molecule has 2 aromatic carbocycles. The molecule has 6 rings (SSSR count). The number of fused-ring (bicyclic) bond motifs is 3. The van der Waals surface area contributed by atoms with Gasteiger partial charge in [-0.15, -0.1) is 0 Å². The molecule has 32 heavy (non-hydrogen) atoms. The molecule has 0 spiro atoms. The summed E-state index contributed by atoms with van der Waals surface area (Å²) in [7, 11) is 0. The second-order valence-corrected chi connectivity index (χ2v) is 8.21. The highest BCUT2D eigenvalue weighted by Gasteiger charge is 2.34. The molecule has 1 aliphatic rings. The van der Waals surface area contributed by atoms with Gasteiger partial charge in [0, 0.05) is 64.2 Å². The Kier molecular flexibility index (Phi) is 4.43. The van der Waals surface area contributed by atoms with Crippen molar-refractivity contribution in [2.45, 2.75) is 12.5 Å². The van der Waals surface area contributed by atoms with E-state index < -0.39 is 6.04 Å². The molecule has 0 bridgehead atoms. The third-order valence-corrected chi connectivity index (χ3v) is 6.21. The van der Waals surface area contributed by atoms with E-state index in [9.17, 15) is 0 Å². The van der Waals surface area contributed by atoms with Crippen LogP contribution in [0.25, 0.3) is 16.6 Å². The maximum atomic E-state index is 15.6. The van der Waals surface area contributed by atoms with Gasteiger partial charge in [0.15, 0.2) is 0 Å². The van der Waals surface area contributed by atoms with Crippen LogP contribution in [0.4, 0.5) is 10.3 Å². The van der Waals surface area contributed by atoms with Gasteiger partial charge in [-0.05, 0) is 48.4 Å². The molecular formula is C24H18ClFN6. The van der Waals surface area contributed by atoms with Gasteiger partial charge in [-0.1, -0.05) is 17.7 Å². The monoisotopic (exact) mass is 444 g/mol. The standard InChI is InChI=1S/C24H18ClFN6/c25-15-2-5-21-19(12-15)17-6-10-32(24-28-7-1-8-29-24)23(22(17)30-21)18-4-3-16(13-20(18)26)31-11-9-27-14-31/h1-5,7-9,11-14,23,30H,6,10H2. The van der Waals surface area contributed by atoms with E-state index in [-0.39, 0.29) is 5.82 Å². The van der Waals surface area contributed by atoms with E-state index in [0.717, 1.165) is 28.6 Å². The number of benzene rings is 2. The lowest BCUT2D eigenvalue weighted by Crippen LogP contribution is -2.37. The topological polar surface area (TPSA) is 62.6 Å². The molecule has 0 radical (unpaired) electrons. The Morgan fingerprint density at radius 1 is 1.06 bits per heavy atom. The summed E-state index contributed by atoms with van der Waals surface area (Å²) in [4.78, 5) is 18.5.